The second-order valence-electron chi connectivity index (χ2n) is 7.43. The van der Waals surface area contributed by atoms with E-state index in [9.17, 15) is 9.59 Å². The van der Waals surface area contributed by atoms with Crippen LogP contribution in [0.15, 0.2) is 48.8 Å². The molecule has 6 heteroatoms. The largest absolute Gasteiger partial charge is 0.497 e. The molecule has 1 fully saturated rings. The summed E-state index contributed by atoms with van der Waals surface area (Å²) in [5.74, 6) is 0.891. The van der Waals surface area contributed by atoms with Gasteiger partial charge >= 0.3 is 0 Å². The topological polar surface area (TPSA) is 71.5 Å². The molecule has 29 heavy (non-hydrogen) atoms. The highest BCUT2D eigenvalue weighted by Crippen LogP contribution is 2.19. The number of likely N-dealkylation sites (tertiary alicyclic amines) is 1. The minimum Gasteiger partial charge on any atom is -0.497 e. The van der Waals surface area contributed by atoms with E-state index in [1.54, 1.807) is 13.3 Å². The highest BCUT2D eigenvalue weighted by molar-refractivity contribution is 5.83. The number of carbonyl (C=O) groups excluding carboxylic acids is 2. The van der Waals surface area contributed by atoms with Crippen LogP contribution >= 0.6 is 0 Å². The van der Waals surface area contributed by atoms with E-state index in [2.05, 4.69) is 10.3 Å². The molecule has 0 saturated carbocycles. The van der Waals surface area contributed by atoms with E-state index in [4.69, 9.17) is 4.74 Å². The van der Waals surface area contributed by atoms with Gasteiger partial charge in [0.15, 0.2) is 0 Å². The lowest BCUT2D eigenvalue weighted by Gasteiger charge is -2.32. The number of aryl methyl sites for hydroxylation is 1. The number of nitrogens with one attached hydrogen (secondary N) is 1. The number of benzene rings is 1. The van der Waals surface area contributed by atoms with Gasteiger partial charge in [0.2, 0.25) is 11.8 Å². The first kappa shape index (κ1) is 20.8. The fourth-order valence-corrected chi connectivity index (χ4v) is 3.60. The van der Waals surface area contributed by atoms with Crippen LogP contribution in [0, 0.1) is 5.92 Å². The normalized spacial score (nSPS) is 16.5. The molecule has 3 rings (SSSR count). The molecule has 1 aliphatic rings. The van der Waals surface area contributed by atoms with Gasteiger partial charge in [-0.1, -0.05) is 18.2 Å². The Labute approximate surface area is 172 Å². The zero-order valence-electron chi connectivity index (χ0n) is 17.0. The third kappa shape index (κ3) is 6.31. The van der Waals surface area contributed by atoms with E-state index < -0.39 is 0 Å². The summed E-state index contributed by atoms with van der Waals surface area (Å²) in [5, 5.41) is 3.03. The van der Waals surface area contributed by atoms with Crippen molar-refractivity contribution in [3.8, 4) is 5.75 Å². The van der Waals surface area contributed by atoms with Crippen molar-refractivity contribution >= 4 is 11.8 Å². The smallest absolute Gasteiger partial charge is 0.224 e. The van der Waals surface area contributed by atoms with Crippen LogP contribution in [0.1, 0.15) is 30.4 Å². The fraction of sp³-hybridized carbons (Fsp3) is 0.435. The van der Waals surface area contributed by atoms with Crippen LogP contribution < -0.4 is 10.1 Å². The van der Waals surface area contributed by atoms with Crippen LogP contribution in [0.4, 0.5) is 0 Å². The number of piperidine rings is 1. The monoisotopic (exact) mass is 395 g/mol. The number of pyridine rings is 1. The standard InChI is InChI=1S/C23H29N3O3/c1-29-21-9-6-18(7-10-21)12-15-26-17-20(8-11-22(26)27)23(28)25-14-3-5-19-4-2-13-24-16-19/h2,4,6-7,9-10,13,16,20H,3,5,8,11-12,14-15,17H2,1H3,(H,25,28). The minimum atomic E-state index is -0.123. The first-order valence-electron chi connectivity index (χ1n) is 10.2. The summed E-state index contributed by atoms with van der Waals surface area (Å²) in [6, 6.07) is 11.8. The number of amides is 2. The third-order valence-corrected chi connectivity index (χ3v) is 5.36. The number of methoxy groups -OCH3 is 1. The van der Waals surface area contributed by atoms with Crippen molar-refractivity contribution in [2.75, 3.05) is 26.7 Å². The predicted octanol–water partition coefficient (Wildman–Crippen LogP) is 2.62. The Morgan fingerprint density at radius 2 is 2.03 bits per heavy atom. The summed E-state index contributed by atoms with van der Waals surface area (Å²) in [5.41, 5.74) is 2.33. The molecule has 1 N–H and O–H groups in total. The summed E-state index contributed by atoms with van der Waals surface area (Å²) < 4.78 is 5.17. The third-order valence-electron chi connectivity index (χ3n) is 5.36. The Hall–Kier alpha value is -2.89. The molecule has 2 amide bonds. The Morgan fingerprint density at radius 1 is 1.21 bits per heavy atom. The van der Waals surface area contributed by atoms with Gasteiger partial charge in [0.25, 0.3) is 0 Å². The molecule has 1 saturated heterocycles. The zero-order chi connectivity index (χ0) is 20.5. The summed E-state index contributed by atoms with van der Waals surface area (Å²) >= 11 is 0. The lowest BCUT2D eigenvalue weighted by Crippen LogP contribution is -2.46. The molecule has 2 heterocycles. The van der Waals surface area contributed by atoms with Gasteiger partial charge in [-0.25, -0.2) is 0 Å². The molecule has 1 aromatic heterocycles. The summed E-state index contributed by atoms with van der Waals surface area (Å²) in [7, 11) is 1.64. The number of nitrogens with zero attached hydrogens (tertiary/aromatic N) is 2. The van der Waals surface area contributed by atoms with Crippen molar-refractivity contribution in [1.82, 2.24) is 15.2 Å². The van der Waals surface area contributed by atoms with E-state index in [0.29, 0.717) is 32.5 Å². The summed E-state index contributed by atoms with van der Waals surface area (Å²) in [4.78, 5) is 30.7. The van der Waals surface area contributed by atoms with Crippen LogP contribution in [0.5, 0.6) is 5.75 Å². The average molecular weight is 396 g/mol. The van der Waals surface area contributed by atoms with E-state index >= 15 is 0 Å². The summed E-state index contributed by atoms with van der Waals surface area (Å²) in [6.07, 6.45) is 7.23. The highest BCUT2D eigenvalue weighted by Gasteiger charge is 2.29. The van der Waals surface area contributed by atoms with Crippen molar-refractivity contribution in [2.45, 2.75) is 32.1 Å². The zero-order valence-corrected chi connectivity index (χ0v) is 17.0. The molecule has 154 valence electrons. The van der Waals surface area contributed by atoms with Gasteiger partial charge in [-0.2, -0.15) is 0 Å². The quantitative estimate of drug-likeness (QED) is 0.663. The molecule has 2 aromatic rings. The Morgan fingerprint density at radius 3 is 2.76 bits per heavy atom. The number of hydrogen-bond donors (Lipinski definition) is 1. The first-order chi connectivity index (χ1) is 14.2. The number of carbonyl (C=O) groups is 2. The van der Waals surface area contributed by atoms with E-state index in [-0.39, 0.29) is 17.7 Å². The number of aromatic nitrogens is 1. The molecule has 1 unspecified atom stereocenters. The molecule has 1 aromatic carbocycles. The van der Waals surface area contributed by atoms with Crippen molar-refractivity contribution < 1.29 is 14.3 Å². The van der Waals surface area contributed by atoms with Gasteiger partial charge in [-0.05, 0) is 55.0 Å². The maximum absolute atomic E-state index is 12.5. The predicted molar refractivity (Wildman–Crippen MR) is 112 cm³/mol. The maximum atomic E-state index is 12.5. The van der Waals surface area contributed by atoms with Gasteiger partial charge in [-0.3, -0.25) is 14.6 Å². The van der Waals surface area contributed by atoms with Gasteiger partial charge in [0.05, 0.1) is 13.0 Å². The van der Waals surface area contributed by atoms with Crippen LogP contribution in [0.25, 0.3) is 0 Å². The molecule has 6 nitrogen and oxygen atoms in total. The maximum Gasteiger partial charge on any atom is 0.224 e. The molecular formula is C23H29N3O3. The molecule has 0 radical (unpaired) electrons. The number of ether oxygens (including phenoxy) is 1. The average Bonchev–Trinajstić information content (AvgIpc) is 2.77. The molecule has 1 atom stereocenters. The minimum absolute atomic E-state index is 0.0538. The summed E-state index contributed by atoms with van der Waals surface area (Å²) in [6.45, 7) is 1.78. The SMILES string of the molecule is COc1ccc(CCN2CC(C(=O)NCCCc3cccnc3)CCC2=O)cc1. The second-order valence-corrected chi connectivity index (χ2v) is 7.43. The van der Waals surface area contributed by atoms with E-state index in [1.165, 1.54) is 5.56 Å². The van der Waals surface area contributed by atoms with Gasteiger partial charge in [0.1, 0.15) is 5.75 Å². The number of rotatable bonds is 9. The molecule has 1 aliphatic heterocycles. The Kier molecular flexibility index (Phi) is 7.61. The van der Waals surface area contributed by atoms with E-state index in [0.717, 1.165) is 30.6 Å². The van der Waals surface area contributed by atoms with Crippen molar-refractivity contribution in [1.29, 1.82) is 0 Å². The Balaban J connectivity index is 1.41. The van der Waals surface area contributed by atoms with Gasteiger partial charge < -0.3 is 15.0 Å². The second kappa shape index (κ2) is 10.6. The van der Waals surface area contributed by atoms with E-state index in [1.807, 2.05) is 47.5 Å². The fourth-order valence-electron chi connectivity index (χ4n) is 3.60. The van der Waals surface area contributed by atoms with Crippen molar-refractivity contribution in [3.63, 3.8) is 0 Å². The molecule has 0 aliphatic carbocycles. The molecule has 0 spiro atoms. The van der Waals surface area contributed by atoms with Gasteiger partial charge in [0, 0.05) is 38.4 Å². The Bertz CT molecular complexity index is 793. The van der Waals surface area contributed by atoms with Crippen LogP contribution in [-0.2, 0) is 22.4 Å². The van der Waals surface area contributed by atoms with Crippen molar-refractivity contribution in [3.05, 3.63) is 59.9 Å². The molecular weight excluding hydrogens is 366 g/mol. The van der Waals surface area contributed by atoms with Crippen LogP contribution in [0.3, 0.4) is 0 Å². The lowest BCUT2D eigenvalue weighted by atomic mass is 9.96. The number of hydrogen-bond acceptors (Lipinski definition) is 4. The van der Waals surface area contributed by atoms with Gasteiger partial charge in [-0.15, -0.1) is 0 Å². The molecule has 0 bridgehead atoms. The first-order valence-corrected chi connectivity index (χ1v) is 10.2. The van der Waals surface area contributed by atoms with Crippen LogP contribution in [-0.4, -0.2) is 48.4 Å². The van der Waals surface area contributed by atoms with Crippen molar-refractivity contribution in [2.24, 2.45) is 5.92 Å². The van der Waals surface area contributed by atoms with Crippen LogP contribution in [0.2, 0.25) is 0 Å². The lowest BCUT2D eigenvalue weighted by molar-refractivity contribution is -0.138. The highest BCUT2D eigenvalue weighted by atomic mass is 16.5.